The molecule has 0 atom stereocenters. The monoisotopic (exact) mass is 335 g/mol. The fraction of sp³-hybridized carbons (Fsp3) is 0.333. The number of carbonyl (C=O) groups is 1. The normalized spacial score (nSPS) is 15.5. The van der Waals surface area contributed by atoms with Crippen molar-refractivity contribution in [3.05, 3.63) is 58.8 Å². The maximum atomic E-state index is 12.7. The van der Waals surface area contributed by atoms with Gasteiger partial charge in [-0.3, -0.25) is 9.59 Å². The molecule has 3 aromatic rings. The molecule has 4 rings (SSSR count). The predicted molar refractivity (Wildman–Crippen MR) is 98.7 cm³/mol. The van der Waals surface area contributed by atoms with Crippen LogP contribution in [0.4, 0.5) is 0 Å². The summed E-state index contributed by atoms with van der Waals surface area (Å²) in [6, 6.07) is 14.9. The highest BCUT2D eigenvalue weighted by molar-refractivity contribution is 5.94. The number of nitrogens with zero attached hydrogens (tertiary/aromatic N) is 1. The van der Waals surface area contributed by atoms with E-state index in [9.17, 15) is 9.59 Å². The molecular weight excluding hydrogens is 314 g/mol. The Morgan fingerprint density at radius 3 is 2.08 bits per heavy atom. The molecule has 1 saturated carbocycles. The van der Waals surface area contributed by atoms with Crippen LogP contribution in [-0.4, -0.2) is 16.6 Å². The molecule has 4 nitrogen and oxygen atoms in total. The Morgan fingerprint density at radius 2 is 1.48 bits per heavy atom. The first-order chi connectivity index (χ1) is 12.2. The summed E-state index contributed by atoms with van der Waals surface area (Å²) in [4.78, 5) is 25.2. The minimum atomic E-state index is -0.231. The lowest BCUT2D eigenvalue weighted by molar-refractivity contribution is -0.151. The number of esters is 1. The van der Waals surface area contributed by atoms with Crippen LogP contribution in [0.1, 0.15) is 32.1 Å². The van der Waals surface area contributed by atoms with Crippen LogP contribution in [-0.2, 0) is 16.1 Å². The summed E-state index contributed by atoms with van der Waals surface area (Å²) < 4.78 is 7.59. The zero-order chi connectivity index (χ0) is 17.2. The van der Waals surface area contributed by atoms with Crippen LogP contribution < -0.4 is 5.43 Å². The van der Waals surface area contributed by atoms with Gasteiger partial charge in [-0.25, -0.2) is 0 Å². The number of fused-ring (bicyclic) bond motifs is 2. The van der Waals surface area contributed by atoms with Crippen molar-refractivity contribution in [1.82, 2.24) is 4.57 Å². The Morgan fingerprint density at radius 1 is 0.920 bits per heavy atom. The number of benzene rings is 2. The van der Waals surface area contributed by atoms with Crippen LogP contribution in [0.25, 0.3) is 21.8 Å². The number of rotatable bonds is 3. The predicted octanol–water partition coefficient (Wildman–Crippen LogP) is 4.03. The molecule has 0 saturated heterocycles. The minimum absolute atomic E-state index is 0.00287. The summed E-state index contributed by atoms with van der Waals surface area (Å²) in [5.74, 6) is -0.231. The zero-order valence-electron chi connectivity index (χ0n) is 14.1. The van der Waals surface area contributed by atoms with E-state index in [-0.39, 0.29) is 24.0 Å². The third kappa shape index (κ3) is 3.04. The molecule has 1 aromatic heterocycles. The lowest BCUT2D eigenvalue weighted by atomic mass is 9.98. The molecule has 0 N–H and O–H groups in total. The van der Waals surface area contributed by atoms with Crippen LogP contribution in [0.2, 0.25) is 0 Å². The molecule has 0 amide bonds. The van der Waals surface area contributed by atoms with Crippen molar-refractivity contribution >= 4 is 27.8 Å². The van der Waals surface area contributed by atoms with E-state index in [0.29, 0.717) is 10.8 Å². The Labute approximate surface area is 146 Å². The third-order valence-electron chi connectivity index (χ3n) is 5.02. The second-order valence-electron chi connectivity index (χ2n) is 6.70. The van der Waals surface area contributed by atoms with Crippen molar-refractivity contribution in [2.24, 2.45) is 0 Å². The van der Waals surface area contributed by atoms with Crippen molar-refractivity contribution < 1.29 is 9.53 Å². The number of hydrogen-bond donors (Lipinski definition) is 0. The lowest BCUT2D eigenvalue weighted by Gasteiger charge is -2.22. The van der Waals surface area contributed by atoms with E-state index in [1.165, 1.54) is 6.42 Å². The zero-order valence-corrected chi connectivity index (χ0v) is 14.1. The van der Waals surface area contributed by atoms with E-state index < -0.39 is 0 Å². The Kier molecular flexibility index (Phi) is 4.26. The molecule has 0 radical (unpaired) electrons. The lowest BCUT2D eigenvalue weighted by Crippen LogP contribution is -2.24. The maximum Gasteiger partial charge on any atom is 0.326 e. The van der Waals surface area contributed by atoms with E-state index in [1.807, 2.05) is 53.1 Å². The summed E-state index contributed by atoms with van der Waals surface area (Å²) in [6.45, 7) is 0.123. The molecule has 25 heavy (non-hydrogen) atoms. The molecule has 1 aliphatic rings. The van der Waals surface area contributed by atoms with Crippen molar-refractivity contribution in [2.45, 2.75) is 44.8 Å². The van der Waals surface area contributed by atoms with Crippen molar-refractivity contribution in [3.63, 3.8) is 0 Å². The number of para-hydroxylation sites is 2. The standard InChI is InChI=1S/C21H21NO3/c23-20(25-15-8-2-1-3-9-15)14-22-18-12-6-4-10-16(18)21(24)17-11-5-7-13-19(17)22/h4-7,10-13,15H,1-3,8-9,14H2. The topological polar surface area (TPSA) is 48.3 Å². The van der Waals surface area contributed by atoms with Crippen molar-refractivity contribution in [1.29, 1.82) is 0 Å². The Bertz CT molecular complexity index is 923. The Balaban J connectivity index is 1.75. The van der Waals surface area contributed by atoms with E-state index in [4.69, 9.17) is 4.74 Å². The fourth-order valence-electron chi connectivity index (χ4n) is 3.78. The van der Waals surface area contributed by atoms with Gasteiger partial charge in [-0.2, -0.15) is 0 Å². The molecule has 1 fully saturated rings. The molecule has 0 aliphatic heterocycles. The average molecular weight is 335 g/mol. The van der Waals surface area contributed by atoms with Crippen molar-refractivity contribution in [3.8, 4) is 0 Å². The van der Waals surface area contributed by atoms with Gasteiger partial charge in [-0.1, -0.05) is 30.7 Å². The van der Waals surface area contributed by atoms with Gasteiger partial charge in [0.15, 0.2) is 5.43 Å². The first kappa shape index (κ1) is 15.9. The second kappa shape index (κ2) is 6.71. The first-order valence-electron chi connectivity index (χ1n) is 8.94. The summed E-state index contributed by atoms with van der Waals surface area (Å²) in [7, 11) is 0. The van der Waals surface area contributed by atoms with E-state index in [0.717, 1.165) is 36.7 Å². The van der Waals surface area contributed by atoms with Crippen LogP contribution in [0.3, 0.4) is 0 Å². The number of pyridine rings is 1. The molecular formula is C21H21NO3. The second-order valence-corrected chi connectivity index (χ2v) is 6.70. The van der Waals surface area contributed by atoms with Gasteiger partial charge >= 0.3 is 5.97 Å². The van der Waals surface area contributed by atoms with Gasteiger partial charge in [-0.15, -0.1) is 0 Å². The van der Waals surface area contributed by atoms with Gasteiger partial charge in [0, 0.05) is 10.8 Å². The summed E-state index contributed by atoms with van der Waals surface area (Å²) in [5, 5.41) is 1.26. The summed E-state index contributed by atoms with van der Waals surface area (Å²) >= 11 is 0. The number of aromatic nitrogens is 1. The van der Waals surface area contributed by atoms with Crippen LogP contribution in [0.15, 0.2) is 53.3 Å². The van der Waals surface area contributed by atoms with E-state index in [2.05, 4.69) is 0 Å². The number of hydrogen-bond acceptors (Lipinski definition) is 3. The third-order valence-corrected chi connectivity index (χ3v) is 5.02. The maximum absolute atomic E-state index is 12.7. The summed E-state index contributed by atoms with van der Waals surface area (Å²) in [6.07, 6.45) is 5.43. The Hall–Kier alpha value is -2.62. The van der Waals surface area contributed by atoms with Gasteiger partial charge in [0.1, 0.15) is 12.6 Å². The van der Waals surface area contributed by atoms with E-state index in [1.54, 1.807) is 0 Å². The highest BCUT2D eigenvalue weighted by atomic mass is 16.5. The number of carbonyl (C=O) groups excluding carboxylic acids is 1. The molecule has 128 valence electrons. The van der Waals surface area contributed by atoms with Gasteiger partial charge < -0.3 is 9.30 Å². The van der Waals surface area contributed by atoms with Gasteiger partial charge in [0.2, 0.25) is 0 Å². The van der Waals surface area contributed by atoms with Crippen LogP contribution in [0, 0.1) is 0 Å². The molecule has 2 aromatic carbocycles. The van der Waals surface area contributed by atoms with E-state index >= 15 is 0 Å². The molecule has 0 unspecified atom stereocenters. The quantitative estimate of drug-likeness (QED) is 0.536. The largest absolute Gasteiger partial charge is 0.461 e. The van der Waals surface area contributed by atoms with Crippen LogP contribution >= 0.6 is 0 Å². The first-order valence-corrected chi connectivity index (χ1v) is 8.94. The van der Waals surface area contributed by atoms with Gasteiger partial charge in [0.25, 0.3) is 0 Å². The summed E-state index contributed by atoms with van der Waals surface area (Å²) in [5.41, 5.74) is 1.54. The molecule has 0 spiro atoms. The van der Waals surface area contributed by atoms with Crippen molar-refractivity contribution in [2.75, 3.05) is 0 Å². The smallest absolute Gasteiger partial charge is 0.326 e. The molecule has 1 heterocycles. The SMILES string of the molecule is O=C(Cn1c2ccccc2c(=O)c2ccccc21)OC1CCCCC1. The van der Waals surface area contributed by atoms with Crippen LogP contribution in [0.5, 0.6) is 0 Å². The van der Waals surface area contributed by atoms with Gasteiger partial charge in [-0.05, 0) is 49.9 Å². The average Bonchev–Trinajstić information content (AvgIpc) is 2.66. The molecule has 4 heteroatoms. The molecule has 1 aliphatic carbocycles. The molecule has 0 bridgehead atoms. The highest BCUT2D eigenvalue weighted by Gasteiger charge is 2.19. The number of ether oxygens (including phenoxy) is 1. The minimum Gasteiger partial charge on any atom is -0.461 e. The highest BCUT2D eigenvalue weighted by Crippen LogP contribution is 2.22. The fourth-order valence-corrected chi connectivity index (χ4v) is 3.78. The van der Waals surface area contributed by atoms with Gasteiger partial charge in [0.05, 0.1) is 11.0 Å².